The number of hydrogen-bond acceptors (Lipinski definition) is 4. The third-order valence-electron chi connectivity index (χ3n) is 5.44. The predicted octanol–water partition coefficient (Wildman–Crippen LogP) is 1.62. The van der Waals surface area contributed by atoms with Crippen molar-refractivity contribution in [2.75, 3.05) is 18.4 Å². The second-order valence-corrected chi connectivity index (χ2v) is 7.09. The fraction of sp³-hybridized carbons (Fsp3) is 0.421. The van der Waals surface area contributed by atoms with Crippen LogP contribution in [0.25, 0.3) is 0 Å². The number of hydrogen-bond donors (Lipinski definition) is 2. The van der Waals surface area contributed by atoms with Gasteiger partial charge in [0, 0.05) is 24.0 Å². The lowest BCUT2D eigenvalue weighted by atomic mass is 9.92. The van der Waals surface area contributed by atoms with E-state index >= 15 is 0 Å². The SMILES string of the molecule is O=C(Nc1cccc(Cn2cccnc2=O)c1)C1CC12CCNCC2. The Morgan fingerprint density at radius 1 is 1.32 bits per heavy atom. The third kappa shape index (κ3) is 3.35. The van der Waals surface area contributed by atoms with Crippen LogP contribution in [-0.2, 0) is 11.3 Å². The molecule has 0 radical (unpaired) electrons. The average Bonchev–Trinajstić information content (AvgIpc) is 3.31. The van der Waals surface area contributed by atoms with E-state index in [4.69, 9.17) is 0 Å². The number of amides is 1. The number of piperidine rings is 1. The van der Waals surface area contributed by atoms with E-state index in [0.717, 1.165) is 43.6 Å². The number of rotatable bonds is 4. The van der Waals surface area contributed by atoms with Gasteiger partial charge < -0.3 is 10.6 Å². The summed E-state index contributed by atoms with van der Waals surface area (Å²) in [5, 5.41) is 6.41. The summed E-state index contributed by atoms with van der Waals surface area (Å²) < 4.78 is 1.55. The van der Waals surface area contributed by atoms with E-state index in [9.17, 15) is 9.59 Å². The maximum Gasteiger partial charge on any atom is 0.347 e. The van der Waals surface area contributed by atoms with Crippen LogP contribution in [0.15, 0.2) is 47.5 Å². The average molecular weight is 338 g/mol. The summed E-state index contributed by atoms with van der Waals surface area (Å²) in [6.45, 7) is 2.47. The van der Waals surface area contributed by atoms with Gasteiger partial charge in [-0.05, 0) is 61.5 Å². The minimum absolute atomic E-state index is 0.123. The Morgan fingerprint density at radius 2 is 2.16 bits per heavy atom. The second-order valence-electron chi connectivity index (χ2n) is 7.09. The van der Waals surface area contributed by atoms with Gasteiger partial charge in [0.15, 0.2) is 0 Å². The number of aromatic nitrogens is 2. The number of nitrogens with zero attached hydrogens (tertiary/aromatic N) is 2. The van der Waals surface area contributed by atoms with Gasteiger partial charge in [0.05, 0.1) is 6.54 Å². The standard InChI is InChI=1S/C19H22N4O2/c24-17(16-12-19(16)5-8-20-9-6-19)22-15-4-1-3-14(11-15)13-23-10-2-7-21-18(23)25/h1-4,7,10-11,16,20H,5-6,8-9,12-13H2,(H,22,24). The topological polar surface area (TPSA) is 76.0 Å². The molecule has 1 saturated heterocycles. The van der Waals surface area contributed by atoms with Crippen molar-refractivity contribution in [1.82, 2.24) is 14.9 Å². The summed E-state index contributed by atoms with van der Waals surface area (Å²) in [6, 6.07) is 9.40. The van der Waals surface area contributed by atoms with Crippen LogP contribution in [0.2, 0.25) is 0 Å². The van der Waals surface area contributed by atoms with Gasteiger partial charge in [0.25, 0.3) is 0 Å². The van der Waals surface area contributed by atoms with Gasteiger partial charge in [0.1, 0.15) is 0 Å². The van der Waals surface area contributed by atoms with E-state index in [0.29, 0.717) is 6.54 Å². The van der Waals surface area contributed by atoms with Crippen LogP contribution >= 0.6 is 0 Å². The Morgan fingerprint density at radius 3 is 2.96 bits per heavy atom. The van der Waals surface area contributed by atoms with E-state index in [1.54, 1.807) is 16.8 Å². The molecule has 2 fully saturated rings. The quantitative estimate of drug-likeness (QED) is 0.888. The first-order valence-electron chi connectivity index (χ1n) is 8.78. The lowest BCUT2D eigenvalue weighted by Gasteiger charge is -2.23. The first kappa shape index (κ1) is 16.0. The molecule has 6 nitrogen and oxygen atoms in total. The van der Waals surface area contributed by atoms with E-state index in [-0.39, 0.29) is 22.9 Å². The van der Waals surface area contributed by atoms with Gasteiger partial charge in [-0.3, -0.25) is 9.36 Å². The van der Waals surface area contributed by atoms with E-state index < -0.39 is 0 Å². The monoisotopic (exact) mass is 338 g/mol. The molecule has 1 atom stereocenters. The molecule has 25 heavy (non-hydrogen) atoms. The number of carbonyl (C=O) groups is 1. The van der Waals surface area contributed by atoms with Crippen LogP contribution in [0.4, 0.5) is 5.69 Å². The summed E-state index contributed by atoms with van der Waals surface area (Å²) in [7, 11) is 0. The molecule has 1 aliphatic carbocycles. The smallest absolute Gasteiger partial charge is 0.326 e. The normalized spacial score (nSPS) is 21.0. The van der Waals surface area contributed by atoms with E-state index in [2.05, 4.69) is 15.6 Å². The zero-order chi connectivity index (χ0) is 17.3. The summed E-state index contributed by atoms with van der Waals surface area (Å²) in [6.07, 6.45) is 6.39. The van der Waals surface area contributed by atoms with Crippen molar-refractivity contribution in [1.29, 1.82) is 0 Å². The highest BCUT2D eigenvalue weighted by Crippen LogP contribution is 2.58. The number of nitrogens with one attached hydrogen (secondary N) is 2. The summed E-state index contributed by atoms with van der Waals surface area (Å²) in [5.74, 6) is 0.261. The van der Waals surface area contributed by atoms with Crippen molar-refractivity contribution < 1.29 is 4.79 Å². The van der Waals surface area contributed by atoms with Crippen LogP contribution in [0.1, 0.15) is 24.8 Å². The highest BCUT2D eigenvalue weighted by Gasteiger charge is 2.57. The Labute approximate surface area is 146 Å². The molecule has 1 unspecified atom stereocenters. The third-order valence-corrected chi connectivity index (χ3v) is 5.44. The van der Waals surface area contributed by atoms with Gasteiger partial charge >= 0.3 is 5.69 Å². The molecule has 0 bridgehead atoms. The van der Waals surface area contributed by atoms with Crippen molar-refractivity contribution >= 4 is 11.6 Å². The van der Waals surface area contributed by atoms with Crippen LogP contribution < -0.4 is 16.3 Å². The van der Waals surface area contributed by atoms with Crippen molar-refractivity contribution in [2.45, 2.75) is 25.8 Å². The Kier molecular flexibility index (Phi) is 4.13. The molecule has 2 aromatic rings. The molecule has 1 amide bonds. The molecule has 1 aromatic heterocycles. The molecule has 1 aliphatic heterocycles. The maximum absolute atomic E-state index is 12.6. The van der Waals surface area contributed by atoms with Gasteiger partial charge in [-0.25, -0.2) is 9.78 Å². The molecule has 2 N–H and O–H groups in total. The maximum atomic E-state index is 12.6. The van der Waals surface area contributed by atoms with Crippen LogP contribution in [0.3, 0.4) is 0 Å². The molecule has 2 heterocycles. The summed E-state index contributed by atoms with van der Waals surface area (Å²) >= 11 is 0. The highest BCUT2D eigenvalue weighted by molar-refractivity contribution is 5.95. The largest absolute Gasteiger partial charge is 0.347 e. The molecule has 130 valence electrons. The Bertz CT molecular complexity index is 839. The van der Waals surface area contributed by atoms with Crippen LogP contribution in [-0.4, -0.2) is 28.5 Å². The van der Waals surface area contributed by atoms with Crippen molar-refractivity contribution in [3.8, 4) is 0 Å². The lowest BCUT2D eigenvalue weighted by Crippen LogP contribution is -2.31. The minimum atomic E-state index is -0.275. The molecular formula is C19H22N4O2. The fourth-order valence-electron chi connectivity index (χ4n) is 3.88. The lowest BCUT2D eigenvalue weighted by molar-refractivity contribution is -0.118. The molecular weight excluding hydrogens is 316 g/mol. The Balaban J connectivity index is 1.43. The fourth-order valence-corrected chi connectivity index (χ4v) is 3.88. The number of benzene rings is 1. The highest BCUT2D eigenvalue weighted by atomic mass is 16.2. The summed E-state index contributed by atoms with van der Waals surface area (Å²) in [5.41, 5.74) is 1.70. The van der Waals surface area contributed by atoms with Crippen LogP contribution in [0, 0.1) is 11.3 Å². The van der Waals surface area contributed by atoms with Crippen molar-refractivity contribution in [3.05, 3.63) is 58.8 Å². The van der Waals surface area contributed by atoms with Gasteiger partial charge in [0.2, 0.25) is 5.91 Å². The molecule has 1 saturated carbocycles. The zero-order valence-electron chi connectivity index (χ0n) is 14.1. The number of carbonyl (C=O) groups excluding carboxylic acids is 1. The van der Waals surface area contributed by atoms with E-state index in [1.807, 2.05) is 24.3 Å². The first-order chi connectivity index (χ1) is 12.2. The summed E-state index contributed by atoms with van der Waals surface area (Å²) in [4.78, 5) is 28.1. The van der Waals surface area contributed by atoms with Crippen molar-refractivity contribution in [3.63, 3.8) is 0 Å². The van der Waals surface area contributed by atoms with Crippen LogP contribution in [0.5, 0.6) is 0 Å². The van der Waals surface area contributed by atoms with Gasteiger partial charge in [-0.15, -0.1) is 0 Å². The minimum Gasteiger partial charge on any atom is -0.326 e. The second kappa shape index (κ2) is 6.44. The number of anilines is 1. The van der Waals surface area contributed by atoms with E-state index in [1.165, 1.54) is 6.20 Å². The van der Waals surface area contributed by atoms with Gasteiger partial charge in [-0.2, -0.15) is 0 Å². The Hall–Kier alpha value is -2.47. The van der Waals surface area contributed by atoms with Crippen molar-refractivity contribution in [2.24, 2.45) is 11.3 Å². The molecule has 1 spiro atoms. The molecule has 1 aromatic carbocycles. The molecule has 6 heteroatoms. The zero-order valence-corrected chi connectivity index (χ0v) is 14.1. The first-order valence-corrected chi connectivity index (χ1v) is 8.78. The predicted molar refractivity (Wildman–Crippen MR) is 95.3 cm³/mol. The molecule has 4 rings (SSSR count). The molecule has 2 aliphatic rings. The van der Waals surface area contributed by atoms with Gasteiger partial charge in [-0.1, -0.05) is 12.1 Å².